The number of carbonyl (C=O) groups is 2. The number of amides is 2. The number of piperazine rings is 1. The average molecular weight is 347 g/mol. The molecule has 5 heteroatoms. The first-order valence-electron chi connectivity index (χ1n) is 8.95. The Morgan fingerprint density at radius 2 is 1.75 bits per heavy atom. The van der Waals surface area contributed by atoms with Gasteiger partial charge in [-0.05, 0) is 49.3 Å². The van der Waals surface area contributed by atoms with Crippen LogP contribution >= 0.6 is 11.6 Å². The van der Waals surface area contributed by atoms with Crippen molar-refractivity contribution in [2.24, 2.45) is 17.8 Å². The normalized spacial score (nSPS) is 29.1. The second-order valence-electron chi connectivity index (χ2n) is 7.41. The number of fused-ring (bicyclic) bond motifs is 2. The lowest BCUT2D eigenvalue weighted by molar-refractivity contribution is -0.138. The van der Waals surface area contributed by atoms with Crippen molar-refractivity contribution in [3.63, 3.8) is 0 Å². The maximum Gasteiger partial charge on any atom is 0.254 e. The smallest absolute Gasteiger partial charge is 0.254 e. The highest BCUT2D eigenvalue weighted by Gasteiger charge is 2.44. The summed E-state index contributed by atoms with van der Waals surface area (Å²) >= 11 is 5.97. The standard InChI is InChI=1S/C19H23ClN2O2/c20-16-3-1-2-15(12-16)18(23)21-6-8-22(9-7-21)19(24)17-11-13-4-5-14(17)10-13/h1-3,12-14,17H,4-11H2. The summed E-state index contributed by atoms with van der Waals surface area (Å²) < 4.78 is 0. The van der Waals surface area contributed by atoms with Crippen LogP contribution < -0.4 is 0 Å². The van der Waals surface area contributed by atoms with E-state index in [9.17, 15) is 9.59 Å². The number of hydrogen-bond donors (Lipinski definition) is 0. The van der Waals surface area contributed by atoms with Gasteiger partial charge in [0, 0.05) is 42.7 Å². The van der Waals surface area contributed by atoms with Crippen LogP contribution in [0, 0.1) is 17.8 Å². The van der Waals surface area contributed by atoms with Gasteiger partial charge in [0.25, 0.3) is 5.91 Å². The molecule has 3 fully saturated rings. The maximum atomic E-state index is 12.8. The number of carbonyl (C=O) groups excluding carboxylic acids is 2. The van der Waals surface area contributed by atoms with Crippen LogP contribution in [0.1, 0.15) is 36.0 Å². The molecule has 1 heterocycles. The van der Waals surface area contributed by atoms with Gasteiger partial charge in [0.2, 0.25) is 5.91 Å². The zero-order valence-corrected chi connectivity index (χ0v) is 14.5. The molecular weight excluding hydrogens is 324 g/mol. The van der Waals surface area contributed by atoms with Crippen molar-refractivity contribution in [3.05, 3.63) is 34.9 Å². The van der Waals surface area contributed by atoms with E-state index < -0.39 is 0 Å². The number of nitrogens with zero attached hydrogens (tertiary/aromatic N) is 2. The van der Waals surface area contributed by atoms with Crippen LogP contribution in [-0.2, 0) is 4.79 Å². The minimum Gasteiger partial charge on any atom is -0.339 e. The van der Waals surface area contributed by atoms with Gasteiger partial charge in [-0.15, -0.1) is 0 Å². The molecule has 3 aliphatic rings. The van der Waals surface area contributed by atoms with E-state index >= 15 is 0 Å². The van der Waals surface area contributed by atoms with Crippen molar-refractivity contribution in [3.8, 4) is 0 Å². The van der Waals surface area contributed by atoms with Gasteiger partial charge < -0.3 is 9.80 Å². The third kappa shape index (κ3) is 2.92. The van der Waals surface area contributed by atoms with Gasteiger partial charge in [0.15, 0.2) is 0 Å². The van der Waals surface area contributed by atoms with Crippen molar-refractivity contribution < 1.29 is 9.59 Å². The minimum atomic E-state index is 0.00419. The lowest BCUT2D eigenvalue weighted by atomic mass is 9.87. The molecule has 2 amide bonds. The number of hydrogen-bond acceptors (Lipinski definition) is 2. The van der Waals surface area contributed by atoms with Gasteiger partial charge in [-0.2, -0.15) is 0 Å². The first-order valence-corrected chi connectivity index (χ1v) is 9.33. The molecule has 4 nitrogen and oxygen atoms in total. The van der Waals surface area contributed by atoms with Gasteiger partial charge in [-0.25, -0.2) is 0 Å². The van der Waals surface area contributed by atoms with Crippen molar-refractivity contribution in [1.82, 2.24) is 9.80 Å². The van der Waals surface area contributed by atoms with E-state index in [1.807, 2.05) is 9.80 Å². The summed E-state index contributed by atoms with van der Waals surface area (Å²) in [6.45, 7) is 2.52. The minimum absolute atomic E-state index is 0.00419. The number of halogens is 1. The largest absolute Gasteiger partial charge is 0.339 e. The first kappa shape index (κ1) is 15.9. The third-order valence-corrected chi connectivity index (χ3v) is 6.24. The summed E-state index contributed by atoms with van der Waals surface area (Å²) in [5, 5.41) is 0.575. The molecule has 0 spiro atoms. The van der Waals surface area contributed by atoms with Crippen molar-refractivity contribution in [2.45, 2.75) is 25.7 Å². The number of rotatable bonds is 2. The Kier molecular flexibility index (Phi) is 4.25. The zero-order chi connectivity index (χ0) is 16.7. The molecule has 128 valence electrons. The van der Waals surface area contributed by atoms with Crippen LogP contribution in [0.15, 0.2) is 24.3 Å². The lowest BCUT2D eigenvalue weighted by Gasteiger charge is -2.37. The molecular formula is C19H23ClN2O2. The fourth-order valence-corrected chi connectivity index (χ4v) is 4.91. The average Bonchev–Trinajstić information content (AvgIpc) is 3.24. The van der Waals surface area contributed by atoms with Crippen LogP contribution in [0.2, 0.25) is 5.02 Å². The van der Waals surface area contributed by atoms with Gasteiger partial charge in [-0.1, -0.05) is 24.1 Å². The first-order chi connectivity index (χ1) is 11.6. The predicted octanol–water partition coefficient (Wildman–Crippen LogP) is 3.06. The van der Waals surface area contributed by atoms with Crippen molar-refractivity contribution in [2.75, 3.05) is 26.2 Å². The molecule has 24 heavy (non-hydrogen) atoms. The highest BCUT2D eigenvalue weighted by atomic mass is 35.5. The molecule has 2 aliphatic carbocycles. The summed E-state index contributed by atoms with van der Waals surface area (Å²) in [5.74, 6) is 1.99. The van der Waals surface area contributed by atoms with E-state index in [0.29, 0.717) is 48.6 Å². The molecule has 0 aromatic heterocycles. The molecule has 1 aliphatic heterocycles. The fourth-order valence-electron chi connectivity index (χ4n) is 4.72. The zero-order valence-electron chi connectivity index (χ0n) is 13.8. The van der Waals surface area contributed by atoms with Crippen LogP contribution in [0.25, 0.3) is 0 Å². The van der Waals surface area contributed by atoms with E-state index in [0.717, 1.165) is 12.3 Å². The predicted molar refractivity (Wildman–Crippen MR) is 92.9 cm³/mol. The Labute approximate surface area is 147 Å². The molecule has 3 atom stereocenters. The molecule has 1 aromatic rings. The van der Waals surface area contributed by atoms with Crippen molar-refractivity contribution in [1.29, 1.82) is 0 Å². The quantitative estimate of drug-likeness (QED) is 0.825. The summed E-state index contributed by atoms with van der Waals surface area (Å²) in [5.41, 5.74) is 0.621. The molecule has 2 bridgehead atoms. The van der Waals surface area contributed by atoms with Gasteiger partial charge >= 0.3 is 0 Å². The molecule has 1 saturated heterocycles. The van der Waals surface area contributed by atoms with Gasteiger partial charge in [0.1, 0.15) is 0 Å². The van der Waals surface area contributed by atoms with Gasteiger partial charge in [-0.3, -0.25) is 9.59 Å². The monoisotopic (exact) mass is 346 g/mol. The molecule has 0 radical (unpaired) electrons. The van der Waals surface area contributed by atoms with Crippen LogP contribution in [0.4, 0.5) is 0 Å². The Morgan fingerprint density at radius 1 is 1.00 bits per heavy atom. The highest BCUT2D eigenvalue weighted by molar-refractivity contribution is 6.30. The second kappa shape index (κ2) is 6.40. The van der Waals surface area contributed by atoms with Crippen LogP contribution in [0.3, 0.4) is 0 Å². The molecule has 4 rings (SSSR count). The molecule has 0 N–H and O–H groups in total. The maximum absolute atomic E-state index is 12.8. The topological polar surface area (TPSA) is 40.6 Å². The van der Waals surface area contributed by atoms with E-state index in [-0.39, 0.29) is 11.8 Å². The van der Waals surface area contributed by atoms with E-state index in [4.69, 9.17) is 11.6 Å². The Morgan fingerprint density at radius 3 is 2.38 bits per heavy atom. The lowest BCUT2D eigenvalue weighted by Crippen LogP contribution is -2.52. The van der Waals surface area contributed by atoms with E-state index in [2.05, 4.69) is 0 Å². The Bertz CT molecular complexity index is 655. The summed E-state index contributed by atoms with van der Waals surface area (Å²) in [6, 6.07) is 7.06. The van der Waals surface area contributed by atoms with Crippen molar-refractivity contribution >= 4 is 23.4 Å². The number of benzene rings is 1. The molecule has 2 saturated carbocycles. The van der Waals surface area contributed by atoms with Crippen LogP contribution in [0.5, 0.6) is 0 Å². The van der Waals surface area contributed by atoms with Crippen LogP contribution in [-0.4, -0.2) is 47.8 Å². The summed E-state index contributed by atoms with van der Waals surface area (Å²) in [4.78, 5) is 29.1. The third-order valence-electron chi connectivity index (χ3n) is 6.01. The van der Waals surface area contributed by atoms with E-state index in [1.54, 1.807) is 24.3 Å². The molecule has 1 aromatic carbocycles. The SMILES string of the molecule is O=C(c1cccc(Cl)c1)N1CCN(C(=O)C2CC3CCC2C3)CC1. The van der Waals surface area contributed by atoms with E-state index in [1.165, 1.54) is 19.3 Å². The summed E-state index contributed by atoms with van der Waals surface area (Å²) in [6.07, 6.45) is 4.89. The van der Waals surface area contributed by atoms with Gasteiger partial charge in [0.05, 0.1) is 0 Å². The Balaban J connectivity index is 1.35. The summed E-state index contributed by atoms with van der Waals surface area (Å²) in [7, 11) is 0. The fraction of sp³-hybridized carbons (Fsp3) is 0.579. The highest BCUT2D eigenvalue weighted by Crippen LogP contribution is 2.48. The Hall–Kier alpha value is -1.55. The molecule has 3 unspecified atom stereocenters. The second-order valence-corrected chi connectivity index (χ2v) is 7.85.